The molecule has 0 N–H and O–H groups in total. The highest BCUT2D eigenvalue weighted by Crippen LogP contribution is 1.98. The van der Waals surface area contributed by atoms with Gasteiger partial charge < -0.3 is 14.2 Å². The molecule has 1 unspecified atom stereocenters. The van der Waals surface area contributed by atoms with E-state index < -0.39 is 12.1 Å². The van der Waals surface area contributed by atoms with Crippen LogP contribution in [0, 0.1) is 0 Å². The summed E-state index contributed by atoms with van der Waals surface area (Å²) in [4.78, 5) is 21.9. The molecule has 0 heterocycles. The van der Waals surface area contributed by atoms with E-state index in [-0.39, 0.29) is 19.3 Å². The van der Waals surface area contributed by atoms with E-state index in [0.717, 1.165) is 6.42 Å². The van der Waals surface area contributed by atoms with Gasteiger partial charge in [-0.2, -0.15) is 0 Å². The lowest BCUT2D eigenvalue weighted by atomic mass is 10.3. The molecule has 0 fully saturated rings. The number of hydrogen-bond acceptors (Lipinski definition) is 5. The number of carbonyl (C=O) groups excluding carboxylic acids is 2. The Labute approximate surface area is 95.4 Å². The van der Waals surface area contributed by atoms with Crippen LogP contribution in [0.1, 0.15) is 27.2 Å². The fraction of sp³-hybridized carbons (Fsp3) is 0.636. The van der Waals surface area contributed by atoms with Crippen LogP contribution >= 0.6 is 0 Å². The van der Waals surface area contributed by atoms with Gasteiger partial charge in [0.1, 0.15) is 19.3 Å². The zero-order chi connectivity index (χ0) is 12.6. The van der Waals surface area contributed by atoms with Crippen molar-refractivity contribution < 1.29 is 23.8 Å². The van der Waals surface area contributed by atoms with Crippen molar-refractivity contribution in [3.05, 3.63) is 12.2 Å². The SMILES string of the molecule is C=C(C)C(=O)OCCOC(=O)OC(C)CC. The zero-order valence-corrected chi connectivity index (χ0v) is 9.95. The Hall–Kier alpha value is -1.52. The van der Waals surface area contributed by atoms with Gasteiger partial charge in [-0.3, -0.25) is 0 Å². The van der Waals surface area contributed by atoms with Crippen molar-refractivity contribution in [2.75, 3.05) is 13.2 Å². The van der Waals surface area contributed by atoms with Crippen molar-refractivity contribution in [3.8, 4) is 0 Å². The number of esters is 1. The summed E-state index contributed by atoms with van der Waals surface area (Å²) in [5.41, 5.74) is 0.308. The average molecular weight is 230 g/mol. The molecule has 92 valence electrons. The van der Waals surface area contributed by atoms with Crippen molar-refractivity contribution in [1.82, 2.24) is 0 Å². The summed E-state index contributed by atoms with van der Waals surface area (Å²) >= 11 is 0. The molecule has 5 nitrogen and oxygen atoms in total. The van der Waals surface area contributed by atoms with E-state index in [1.165, 1.54) is 0 Å². The van der Waals surface area contributed by atoms with Crippen LogP contribution in [-0.2, 0) is 19.0 Å². The molecule has 16 heavy (non-hydrogen) atoms. The molecular weight excluding hydrogens is 212 g/mol. The number of hydrogen-bond donors (Lipinski definition) is 0. The van der Waals surface area contributed by atoms with E-state index in [2.05, 4.69) is 11.3 Å². The van der Waals surface area contributed by atoms with Crippen LogP contribution in [0.15, 0.2) is 12.2 Å². The van der Waals surface area contributed by atoms with Gasteiger partial charge in [0.25, 0.3) is 0 Å². The van der Waals surface area contributed by atoms with Gasteiger partial charge in [-0.1, -0.05) is 13.5 Å². The molecule has 0 amide bonds. The Balaban J connectivity index is 3.55. The summed E-state index contributed by atoms with van der Waals surface area (Å²) < 4.78 is 14.2. The first kappa shape index (κ1) is 14.5. The molecule has 0 aliphatic heterocycles. The van der Waals surface area contributed by atoms with Gasteiger partial charge >= 0.3 is 12.1 Å². The molecule has 0 aromatic heterocycles. The maximum atomic E-state index is 11.0. The van der Waals surface area contributed by atoms with Gasteiger partial charge in [-0.25, -0.2) is 9.59 Å². The topological polar surface area (TPSA) is 61.8 Å². The summed E-state index contributed by atoms with van der Waals surface area (Å²) in [7, 11) is 0. The fourth-order valence-electron chi connectivity index (χ4n) is 0.664. The second-order valence-electron chi connectivity index (χ2n) is 3.35. The van der Waals surface area contributed by atoms with Crippen LogP contribution in [0.3, 0.4) is 0 Å². The highest BCUT2D eigenvalue weighted by molar-refractivity contribution is 5.86. The lowest BCUT2D eigenvalue weighted by Gasteiger charge is -2.10. The molecule has 0 aliphatic rings. The van der Waals surface area contributed by atoms with Crippen molar-refractivity contribution in [2.45, 2.75) is 33.3 Å². The molecule has 0 spiro atoms. The number of rotatable bonds is 6. The Morgan fingerprint density at radius 3 is 2.31 bits per heavy atom. The third-order valence-corrected chi connectivity index (χ3v) is 1.76. The fourth-order valence-corrected chi connectivity index (χ4v) is 0.664. The smallest absolute Gasteiger partial charge is 0.459 e. The molecule has 0 aromatic carbocycles. The Kier molecular flexibility index (Phi) is 7.00. The average Bonchev–Trinajstić information content (AvgIpc) is 2.23. The van der Waals surface area contributed by atoms with Gasteiger partial charge in [0, 0.05) is 5.57 Å². The van der Waals surface area contributed by atoms with Crippen LogP contribution in [0.25, 0.3) is 0 Å². The van der Waals surface area contributed by atoms with E-state index >= 15 is 0 Å². The van der Waals surface area contributed by atoms with Crippen molar-refractivity contribution in [3.63, 3.8) is 0 Å². The number of ether oxygens (including phenoxy) is 3. The molecule has 0 aromatic rings. The molecule has 1 atom stereocenters. The molecule has 0 rings (SSSR count). The third-order valence-electron chi connectivity index (χ3n) is 1.76. The maximum Gasteiger partial charge on any atom is 0.508 e. The Bertz CT molecular complexity index is 259. The standard InChI is InChI=1S/C11H18O5/c1-5-9(4)16-11(13)15-7-6-14-10(12)8(2)3/h9H,2,5-7H2,1,3-4H3. The normalized spacial score (nSPS) is 11.4. The molecule has 5 heteroatoms. The Morgan fingerprint density at radius 1 is 1.25 bits per heavy atom. The monoisotopic (exact) mass is 230 g/mol. The molecule has 0 radical (unpaired) electrons. The van der Waals surface area contributed by atoms with E-state index in [1.807, 2.05) is 6.92 Å². The van der Waals surface area contributed by atoms with Crippen molar-refractivity contribution in [1.29, 1.82) is 0 Å². The highest BCUT2D eigenvalue weighted by atomic mass is 16.7. The lowest BCUT2D eigenvalue weighted by Crippen LogP contribution is -2.18. The van der Waals surface area contributed by atoms with Crippen LogP contribution < -0.4 is 0 Å². The maximum absolute atomic E-state index is 11.0. The predicted octanol–water partition coefficient (Wildman–Crippen LogP) is 2.06. The van der Waals surface area contributed by atoms with Crippen LogP contribution in [0.5, 0.6) is 0 Å². The second kappa shape index (κ2) is 7.73. The van der Waals surface area contributed by atoms with Gasteiger partial charge in [0.2, 0.25) is 0 Å². The molecular formula is C11H18O5. The molecule has 0 aliphatic carbocycles. The summed E-state index contributed by atoms with van der Waals surface area (Å²) in [6.07, 6.45) is -0.203. The summed E-state index contributed by atoms with van der Waals surface area (Å²) in [6.45, 7) is 8.60. The molecule has 0 bridgehead atoms. The largest absolute Gasteiger partial charge is 0.508 e. The van der Waals surface area contributed by atoms with Crippen LogP contribution in [-0.4, -0.2) is 31.4 Å². The molecule has 0 saturated heterocycles. The van der Waals surface area contributed by atoms with Crippen LogP contribution in [0.4, 0.5) is 4.79 Å². The van der Waals surface area contributed by atoms with Crippen LogP contribution in [0.2, 0.25) is 0 Å². The molecule has 0 saturated carbocycles. The Morgan fingerprint density at radius 2 is 1.81 bits per heavy atom. The van der Waals surface area contributed by atoms with Crippen molar-refractivity contribution >= 4 is 12.1 Å². The predicted molar refractivity (Wildman–Crippen MR) is 58.0 cm³/mol. The highest BCUT2D eigenvalue weighted by Gasteiger charge is 2.09. The van der Waals surface area contributed by atoms with Gasteiger partial charge in [0.05, 0.1) is 0 Å². The number of carbonyl (C=O) groups is 2. The quantitative estimate of drug-likeness (QED) is 0.397. The minimum Gasteiger partial charge on any atom is -0.459 e. The van der Waals surface area contributed by atoms with Gasteiger partial charge in [-0.05, 0) is 20.3 Å². The van der Waals surface area contributed by atoms with E-state index in [1.54, 1.807) is 13.8 Å². The van der Waals surface area contributed by atoms with Crippen molar-refractivity contribution in [2.24, 2.45) is 0 Å². The minimum atomic E-state index is -0.749. The third kappa shape index (κ3) is 6.86. The van der Waals surface area contributed by atoms with E-state index in [0.29, 0.717) is 5.57 Å². The zero-order valence-electron chi connectivity index (χ0n) is 9.95. The second-order valence-corrected chi connectivity index (χ2v) is 3.35. The summed E-state index contributed by atoms with van der Waals surface area (Å²) in [5, 5.41) is 0. The van der Waals surface area contributed by atoms with E-state index in [9.17, 15) is 9.59 Å². The van der Waals surface area contributed by atoms with Gasteiger partial charge in [0.15, 0.2) is 0 Å². The minimum absolute atomic E-state index is 0.00129. The first-order valence-electron chi connectivity index (χ1n) is 5.13. The summed E-state index contributed by atoms with van der Waals surface area (Å²) in [6, 6.07) is 0. The van der Waals surface area contributed by atoms with E-state index in [4.69, 9.17) is 9.47 Å². The first-order chi connectivity index (χ1) is 7.47. The summed E-state index contributed by atoms with van der Waals surface area (Å²) in [5.74, 6) is -0.501. The van der Waals surface area contributed by atoms with Gasteiger partial charge in [-0.15, -0.1) is 0 Å². The lowest BCUT2D eigenvalue weighted by molar-refractivity contribution is -0.140. The first-order valence-corrected chi connectivity index (χ1v) is 5.13.